The molecule has 0 radical (unpaired) electrons. The zero-order valence-electron chi connectivity index (χ0n) is 9.59. The summed E-state index contributed by atoms with van der Waals surface area (Å²) < 4.78 is 5.97. The molecular formula is C13H14N2OS. The zero-order chi connectivity index (χ0) is 11.8. The van der Waals surface area contributed by atoms with E-state index in [4.69, 9.17) is 10.5 Å². The van der Waals surface area contributed by atoms with Gasteiger partial charge in [-0.25, -0.2) is 4.98 Å². The number of benzene rings is 1. The van der Waals surface area contributed by atoms with Gasteiger partial charge in [-0.1, -0.05) is 17.7 Å². The van der Waals surface area contributed by atoms with E-state index >= 15 is 0 Å². The van der Waals surface area contributed by atoms with Crippen LogP contribution in [0.2, 0.25) is 0 Å². The van der Waals surface area contributed by atoms with Gasteiger partial charge >= 0.3 is 0 Å². The van der Waals surface area contributed by atoms with E-state index in [0.29, 0.717) is 0 Å². The molecule has 1 unspecified atom stereocenters. The molecule has 88 valence electrons. The maximum Gasteiger partial charge on any atom is 0.143 e. The van der Waals surface area contributed by atoms with E-state index in [9.17, 15) is 0 Å². The van der Waals surface area contributed by atoms with E-state index < -0.39 is 0 Å². The summed E-state index contributed by atoms with van der Waals surface area (Å²) in [5.74, 6) is 0.896. The lowest BCUT2D eigenvalue weighted by molar-refractivity contribution is 0.158. The van der Waals surface area contributed by atoms with E-state index in [1.54, 1.807) is 11.3 Å². The number of hydrogen-bond donors (Lipinski definition) is 1. The summed E-state index contributed by atoms with van der Waals surface area (Å²) in [6, 6.07) is 6.19. The molecule has 2 N–H and O–H groups in total. The van der Waals surface area contributed by atoms with Crippen molar-refractivity contribution >= 4 is 11.3 Å². The molecule has 0 fully saturated rings. The Morgan fingerprint density at radius 1 is 1.47 bits per heavy atom. The van der Waals surface area contributed by atoms with Crippen LogP contribution in [-0.2, 0) is 0 Å². The quantitative estimate of drug-likeness (QED) is 0.841. The number of ether oxygens (including phenoxy) is 1. The Balaban J connectivity index is 1.96. The van der Waals surface area contributed by atoms with Crippen molar-refractivity contribution in [3.63, 3.8) is 0 Å². The first-order valence-electron chi connectivity index (χ1n) is 5.65. The molecule has 1 aromatic carbocycles. The van der Waals surface area contributed by atoms with Gasteiger partial charge in [-0.05, 0) is 13.0 Å². The summed E-state index contributed by atoms with van der Waals surface area (Å²) >= 11 is 1.59. The van der Waals surface area contributed by atoms with Gasteiger partial charge < -0.3 is 10.5 Å². The highest BCUT2D eigenvalue weighted by atomic mass is 32.1. The van der Waals surface area contributed by atoms with Gasteiger partial charge in [-0.15, -0.1) is 11.3 Å². The van der Waals surface area contributed by atoms with Gasteiger partial charge in [0, 0.05) is 23.4 Å². The molecule has 3 rings (SSSR count). The van der Waals surface area contributed by atoms with E-state index in [0.717, 1.165) is 23.4 Å². The van der Waals surface area contributed by atoms with Crippen LogP contribution in [0.3, 0.4) is 0 Å². The van der Waals surface area contributed by atoms with Crippen molar-refractivity contribution < 1.29 is 4.74 Å². The van der Waals surface area contributed by atoms with Gasteiger partial charge in [0.1, 0.15) is 11.9 Å². The smallest absolute Gasteiger partial charge is 0.143 e. The van der Waals surface area contributed by atoms with Crippen LogP contribution < -0.4 is 10.5 Å². The molecule has 17 heavy (non-hydrogen) atoms. The minimum absolute atomic E-state index is 0.00791. The first-order chi connectivity index (χ1) is 8.24. The monoisotopic (exact) mass is 246 g/mol. The molecule has 1 aromatic heterocycles. The highest BCUT2D eigenvalue weighted by Crippen LogP contribution is 2.39. The van der Waals surface area contributed by atoms with Crippen molar-refractivity contribution in [2.75, 3.05) is 0 Å². The Morgan fingerprint density at radius 3 is 3.12 bits per heavy atom. The van der Waals surface area contributed by atoms with Crippen LogP contribution in [0.5, 0.6) is 5.75 Å². The summed E-state index contributed by atoms with van der Waals surface area (Å²) in [5.41, 5.74) is 11.3. The number of nitrogens with two attached hydrogens (primary N) is 1. The van der Waals surface area contributed by atoms with Crippen molar-refractivity contribution in [2.24, 2.45) is 5.73 Å². The second-order valence-electron chi connectivity index (χ2n) is 4.40. The van der Waals surface area contributed by atoms with Gasteiger partial charge in [0.05, 0.1) is 11.2 Å². The van der Waals surface area contributed by atoms with Crippen molar-refractivity contribution in [1.82, 2.24) is 4.98 Å². The second kappa shape index (κ2) is 4.13. The number of aromatic nitrogens is 1. The molecular weight excluding hydrogens is 232 g/mol. The first kappa shape index (κ1) is 10.7. The van der Waals surface area contributed by atoms with Crippen LogP contribution in [0.15, 0.2) is 29.1 Å². The van der Waals surface area contributed by atoms with Crippen LogP contribution in [0.1, 0.15) is 35.4 Å². The lowest BCUT2D eigenvalue weighted by atomic mass is 9.95. The number of thiazole rings is 1. The molecule has 2 heterocycles. The topological polar surface area (TPSA) is 48.1 Å². The third-order valence-corrected chi connectivity index (χ3v) is 3.69. The van der Waals surface area contributed by atoms with Crippen LogP contribution in [0.25, 0.3) is 0 Å². The minimum Gasteiger partial charge on any atom is -0.484 e. The standard InChI is InChI=1S/C13H14N2OS/c1-8-2-3-12-9(4-8)10(14)5-13(16-12)11-6-17-7-15-11/h2-4,6-7,10,13H,5,14H2,1H3/t10-,13?/m0/s1. The van der Waals surface area contributed by atoms with Crippen molar-refractivity contribution in [1.29, 1.82) is 0 Å². The maximum absolute atomic E-state index is 6.21. The van der Waals surface area contributed by atoms with Gasteiger partial charge in [0.15, 0.2) is 0 Å². The highest BCUT2D eigenvalue weighted by Gasteiger charge is 2.28. The van der Waals surface area contributed by atoms with Crippen LogP contribution in [0, 0.1) is 6.92 Å². The molecule has 1 aliphatic heterocycles. The largest absolute Gasteiger partial charge is 0.484 e. The van der Waals surface area contributed by atoms with E-state index in [2.05, 4.69) is 24.0 Å². The van der Waals surface area contributed by atoms with Crippen LogP contribution in [0.4, 0.5) is 0 Å². The third kappa shape index (κ3) is 1.94. The highest BCUT2D eigenvalue weighted by molar-refractivity contribution is 7.07. The zero-order valence-corrected chi connectivity index (χ0v) is 10.4. The Morgan fingerprint density at radius 2 is 2.35 bits per heavy atom. The van der Waals surface area contributed by atoms with E-state index in [1.165, 1.54) is 5.56 Å². The first-order valence-corrected chi connectivity index (χ1v) is 6.59. The predicted octanol–water partition coefficient (Wildman–Crippen LogP) is 2.98. The Bertz CT molecular complexity index is 524. The summed E-state index contributed by atoms with van der Waals surface area (Å²) in [6.07, 6.45) is 0.784. The van der Waals surface area contributed by atoms with Crippen LogP contribution >= 0.6 is 11.3 Å². The number of rotatable bonds is 1. The summed E-state index contributed by atoms with van der Waals surface area (Å²) in [5, 5.41) is 2.02. The van der Waals surface area contributed by atoms with Gasteiger partial charge in [-0.2, -0.15) is 0 Å². The summed E-state index contributed by atoms with van der Waals surface area (Å²) in [7, 11) is 0. The van der Waals surface area contributed by atoms with Gasteiger partial charge in [-0.3, -0.25) is 0 Å². The molecule has 2 aromatic rings. The Kier molecular flexibility index (Phi) is 2.61. The summed E-state index contributed by atoms with van der Waals surface area (Å²) in [6.45, 7) is 2.07. The predicted molar refractivity (Wildman–Crippen MR) is 68.2 cm³/mol. The number of nitrogens with zero attached hydrogens (tertiary/aromatic N) is 1. The van der Waals surface area contributed by atoms with E-state index in [1.807, 2.05) is 17.0 Å². The van der Waals surface area contributed by atoms with Gasteiger partial charge in [0.25, 0.3) is 0 Å². The lowest BCUT2D eigenvalue weighted by Gasteiger charge is -2.29. The summed E-state index contributed by atoms with van der Waals surface area (Å²) in [4.78, 5) is 4.30. The molecule has 0 saturated heterocycles. The fourth-order valence-electron chi connectivity index (χ4n) is 2.19. The molecule has 0 bridgehead atoms. The molecule has 0 amide bonds. The van der Waals surface area contributed by atoms with Crippen molar-refractivity contribution in [3.8, 4) is 5.75 Å². The van der Waals surface area contributed by atoms with Gasteiger partial charge in [0.2, 0.25) is 0 Å². The van der Waals surface area contributed by atoms with Crippen molar-refractivity contribution in [3.05, 3.63) is 45.9 Å². The molecule has 2 atom stereocenters. The SMILES string of the molecule is Cc1ccc2c(c1)[C@@H](N)CC(c1cscn1)O2. The van der Waals surface area contributed by atoms with Crippen LogP contribution in [-0.4, -0.2) is 4.98 Å². The van der Waals surface area contributed by atoms with E-state index in [-0.39, 0.29) is 12.1 Å². The second-order valence-corrected chi connectivity index (χ2v) is 5.12. The average molecular weight is 246 g/mol. The number of fused-ring (bicyclic) bond motifs is 1. The normalized spacial score (nSPS) is 22.9. The molecule has 0 aliphatic carbocycles. The molecule has 3 nitrogen and oxygen atoms in total. The maximum atomic E-state index is 6.21. The molecule has 0 spiro atoms. The molecule has 1 aliphatic rings. The molecule has 0 saturated carbocycles. The fourth-order valence-corrected chi connectivity index (χ4v) is 2.78. The minimum atomic E-state index is -0.00791. The van der Waals surface area contributed by atoms with Crippen molar-refractivity contribution in [2.45, 2.75) is 25.5 Å². The molecule has 4 heteroatoms. The Labute approximate surface area is 104 Å². The fraction of sp³-hybridized carbons (Fsp3) is 0.308. The number of aryl methyl sites for hydroxylation is 1. The average Bonchev–Trinajstić information content (AvgIpc) is 2.83. The Hall–Kier alpha value is -1.39. The number of hydrogen-bond acceptors (Lipinski definition) is 4. The third-order valence-electron chi connectivity index (χ3n) is 3.08. The lowest BCUT2D eigenvalue weighted by Crippen LogP contribution is -2.24.